The van der Waals surface area contributed by atoms with Crippen LogP contribution in [-0.4, -0.2) is 35.4 Å². The fourth-order valence-corrected chi connectivity index (χ4v) is 3.00. The Hall–Kier alpha value is -1.88. The van der Waals surface area contributed by atoms with Crippen LogP contribution in [0.25, 0.3) is 0 Å². The molecule has 120 valence electrons. The van der Waals surface area contributed by atoms with Crippen LogP contribution in [0, 0.1) is 5.92 Å². The standard InChI is InChI=1S/C17H22O5/c1-9-5-13(21-12(4)18)7-10(2)15(19)8-14-11(3)17(20)22-16(14)6-9/h5,13-16,19H,2-3,6-8H2,1,4H3/b9-5+/t13-,14+,15+,16-/m0/s1. The summed E-state index contributed by atoms with van der Waals surface area (Å²) in [5, 5.41) is 10.3. The van der Waals surface area contributed by atoms with Crippen molar-refractivity contribution in [3.8, 4) is 0 Å². The Labute approximate surface area is 130 Å². The molecule has 0 unspecified atom stereocenters. The van der Waals surface area contributed by atoms with E-state index in [1.165, 1.54) is 6.92 Å². The van der Waals surface area contributed by atoms with E-state index in [1.54, 1.807) is 0 Å². The maximum Gasteiger partial charge on any atom is 0.334 e. The fraction of sp³-hybridized carbons (Fsp3) is 0.529. The number of rotatable bonds is 1. The second kappa shape index (κ2) is 6.48. The zero-order valence-electron chi connectivity index (χ0n) is 13.0. The zero-order chi connectivity index (χ0) is 16.4. The molecule has 22 heavy (non-hydrogen) atoms. The molecule has 1 saturated heterocycles. The predicted molar refractivity (Wildman–Crippen MR) is 80.8 cm³/mol. The molecule has 1 fully saturated rings. The highest BCUT2D eigenvalue weighted by molar-refractivity contribution is 5.90. The quantitative estimate of drug-likeness (QED) is 0.456. The lowest BCUT2D eigenvalue weighted by Crippen LogP contribution is -2.27. The predicted octanol–water partition coefficient (Wildman–Crippen LogP) is 2.06. The van der Waals surface area contributed by atoms with Crippen molar-refractivity contribution in [2.24, 2.45) is 5.92 Å². The van der Waals surface area contributed by atoms with E-state index in [1.807, 2.05) is 13.0 Å². The first kappa shape index (κ1) is 16.5. The summed E-state index contributed by atoms with van der Waals surface area (Å²) in [5.41, 5.74) is 1.94. The van der Waals surface area contributed by atoms with Crippen molar-refractivity contribution in [3.63, 3.8) is 0 Å². The second-order valence-electron chi connectivity index (χ2n) is 6.05. The van der Waals surface area contributed by atoms with Gasteiger partial charge in [0.15, 0.2) is 0 Å². The summed E-state index contributed by atoms with van der Waals surface area (Å²) in [7, 11) is 0. The monoisotopic (exact) mass is 306 g/mol. The van der Waals surface area contributed by atoms with Crippen LogP contribution in [0.1, 0.15) is 33.1 Å². The van der Waals surface area contributed by atoms with Gasteiger partial charge in [0.05, 0.1) is 6.10 Å². The number of carbonyl (C=O) groups excluding carboxylic acids is 2. The first-order valence-corrected chi connectivity index (χ1v) is 7.38. The lowest BCUT2D eigenvalue weighted by Gasteiger charge is -2.26. The highest BCUT2D eigenvalue weighted by Gasteiger charge is 2.40. The summed E-state index contributed by atoms with van der Waals surface area (Å²) in [4.78, 5) is 22.9. The van der Waals surface area contributed by atoms with Gasteiger partial charge in [0.1, 0.15) is 12.2 Å². The van der Waals surface area contributed by atoms with E-state index in [9.17, 15) is 14.7 Å². The number of carbonyl (C=O) groups is 2. The van der Waals surface area contributed by atoms with Gasteiger partial charge in [-0.25, -0.2) is 4.79 Å². The average molecular weight is 306 g/mol. The molecule has 5 heteroatoms. The van der Waals surface area contributed by atoms with Gasteiger partial charge in [-0.05, 0) is 25.0 Å². The Morgan fingerprint density at radius 3 is 2.73 bits per heavy atom. The Morgan fingerprint density at radius 1 is 1.41 bits per heavy atom. The van der Waals surface area contributed by atoms with E-state index < -0.39 is 18.2 Å². The Kier molecular flexibility index (Phi) is 4.86. The van der Waals surface area contributed by atoms with Crippen molar-refractivity contribution in [2.75, 3.05) is 0 Å². The lowest BCUT2D eigenvalue weighted by molar-refractivity contribution is -0.144. The molecule has 1 heterocycles. The highest BCUT2D eigenvalue weighted by Crippen LogP contribution is 2.36. The van der Waals surface area contributed by atoms with Crippen molar-refractivity contribution in [1.29, 1.82) is 0 Å². The zero-order valence-corrected chi connectivity index (χ0v) is 13.0. The average Bonchev–Trinajstić information content (AvgIpc) is 2.64. The third kappa shape index (κ3) is 3.65. The molecule has 2 rings (SSSR count). The summed E-state index contributed by atoms with van der Waals surface area (Å²) in [5.74, 6) is -1.00. The maximum absolute atomic E-state index is 11.7. The SMILES string of the molecule is C=C1C[C@@H](OC(C)=O)/C=C(\C)C[C@@H]2OC(=O)C(=C)[C@H]2C[C@H]1O. The summed E-state index contributed by atoms with van der Waals surface area (Å²) in [6.45, 7) is 10.9. The molecule has 0 amide bonds. The van der Waals surface area contributed by atoms with Crippen LogP contribution in [0.2, 0.25) is 0 Å². The van der Waals surface area contributed by atoms with Gasteiger partial charge < -0.3 is 14.6 Å². The minimum Gasteiger partial charge on any atom is -0.458 e. The van der Waals surface area contributed by atoms with Gasteiger partial charge >= 0.3 is 11.9 Å². The number of hydrogen-bond acceptors (Lipinski definition) is 5. The van der Waals surface area contributed by atoms with Gasteiger partial charge in [-0.15, -0.1) is 0 Å². The third-order valence-electron chi connectivity index (χ3n) is 4.14. The van der Waals surface area contributed by atoms with E-state index >= 15 is 0 Å². The fourth-order valence-electron chi connectivity index (χ4n) is 3.00. The number of fused-ring (bicyclic) bond motifs is 1. The van der Waals surface area contributed by atoms with Crippen LogP contribution in [0.4, 0.5) is 0 Å². The van der Waals surface area contributed by atoms with Crippen LogP contribution in [-0.2, 0) is 19.1 Å². The normalized spacial score (nSPS) is 35.2. The molecular formula is C17H22O5. The lowest BCUT2D eigenvalue weighted by atomic mass is 9.84. The molecule has 1 aliphatic carbocycles. The van der Waals surface area contributed by atoms with Crippen molar-refractivity contribution in [3.05, 3.63) is 36.0 Å². The maximum atomic E-state index is 11.7. The van der Waals surface area contributed by atoms with E-state index in [-0.39, 0.29) is 18.0 Å². The van der Waals surface area contributed by atoms with Crippen molar-refractivity contribution >= 4 is 11.9 Å². The van der Waals surface area contributed by atoms with Crippen molar-refractivity contribution in [2.45, 2.75) is 51.4 Å². The minimum absolute atomic E-state index is 0.215. The summed E-state index contributed by atoms with van der Waals surface area (Å²) in [6, 6.07) is 0. The van der Waals surface area contributed by atoms with E-state index in [4.69, 9.17) is 9.47 Å². The third-order valence-corrected chi connectivity index (χ3v) is 4.14. The van der Waals surface area contributed by atoms with Gasteiger partial charge in [0.2, 0.25) is 0 Å². The second-order valence-corrected chi connectivity index (χ2v) is 6.05. The molecule has 0 saturated carbocycles. The topological polar surface area (TPSA) is 72.8 Å². The molecule has 1 aliphatic heterocycles. The summed E-state index contributed by atoms with van der Waals surface area (Å²) >= 11 is 0. The molecular weight excluding hydrogens is 284 g/mol. The Morgan fingerprint density at radius 2 is 2.09 bits per heavy atom. The smallest absolute Gasteiger partial charge is 0.334 e. The summed E-state index contributed by atoms with van der Waals surface area (Å²) in [6.07, 6.45) is 1.48. The Balaban J connectivity index is 2.28. The van der Waals surface area contributed by atoms with Gasteiger partial charge in [0, 0.05) is 31.3 Å². The van der Waals surface area contributed by atoms with Crippen molar-refractivity contribution < 1.29 is 24.2 Å². The van der Waals surface area contributed by atoms with Gasteiger partial charge in [0.25, 0.3) is 0 Å². The number of ether oxygens (including phenoxy) is 2. The number of hydrogen-bond donors (Lipinski definition) is 1. The molecule has 0 radical (unpaired) electrons. The van der Waals surface area contributed by atoms with Crippen LogP contribution in [0.15, 0.2) is 36.0 Å². The van der Waals surface area contributed by atoms with Gasteiger partial charge in [-0.1, -0.05) is 18.7 Å². The molecule has 2 aliphatic rings. The number of esters is 2. The first-order chi connectivity index (χ1) is 10.3. The molecule has 4 atom stereocenters. The van der Waals surface area contributed by atoms with E-state index in [0.717, 1.165) is 5.57 Å². The molecule has 1 N–H and O–H groups in total. The molecule has 0 aromatic heterocycles. The minimum atomic E-state index is -0.788. The number of aliphatic hydroxyl groups excluding tert-OH is 1. The molecule has 0 aromatic rings. The molecule has 0 bridgehead atoms. The first-order valence-electron chi connectivity index (χ1n) is 7.38. The molecule has 0 aromatic carbocycles. The van der Waals surface area contributed by atoms with Gasteiger partial charge in [-0.3, -0.25) is 4.79 Å². The van der Waals surface area contributed by atoms with Crippen LogP contribution in [0.5, 0.6) is 0 Å². The summed E-state index contributed by atoms with van der Waals surface area (Å²) < 4.78 is 10.6. The van der Waals surface area contributed by atoms with Crippen LogP contribution in [0.3, 0.4) is 0 Å². The van der Waals surface area contributed by atoms with Crippen LogP contribution >= 0.6 is 0 Å². The van der Waals surface area contributed by atoms with Crippen LogP contribution < -0.4 is 0 Å². The largest absolute Gasteiger partial charge is 0.458 e. The van der Waals surface area contributed by atoms with E-state index in [0.29, 0.717) is 30.4 Å². The number of aliphatic hydroxyl groups is 1. The van der Waals surface area contributed by atoms with Crippen molar-refractivity contribution in [1.82, 2.24) is 0 Å². The Bertz CT molecular complexity index is 545. The molecule has 5 nitrogen and oxygen atoms in total. The highest BCUT2D eigenvalue weighted by atomic mass is 16.6. The van der Waals surface area contributed by atoms with Gasteiger partial charge in [-0.2, -0.15) is 0 Å². The van der Waals surface area contributed by atoms with E-state index in [2.05, 4.69) is 13.2 Å². The molecule has 0 spiro atoms.